The maximum Gasteiger partial charge on any atom is 0.336 e. The van der Waals surface area contributed by atoms with E-state index in [0.717, 1.165) is 10.9 Å². The van der Waals surface area contributed by atoms with Crippen LogP contribution in [0, 0.1) is 6.92 Å². The van der Waals surface area contributed by atoms with Gasteiger partial charge in [-0.3, -0.25) is 24.0 Å². The van der Waals surface area contributed by atoms with Crippen LogP contribution in [0.2, 0.25) is 0 Å². The molecular formula is C26H33N5O7. The number of carbonyl (C=O) groups is 5. The van der Waals surface area contributed by atoms with Gasteiger partial charge in [0.2, 0.25) is 29.5 Å². The normalized spacial score (nSPS) is 17.3. The van der Waals surface area contributed by atoms with E-state index in [1.54, 1.807) is 19.1 Å². The van der Waals surface area contributed by atoms with E-state index < -0.39 is 53.4 Å². The second-order valence-electron chi connectivity index (χ2n) is 9.52. The van der Waals surface area contributed by atoms with Crippen LogP contribution in [0.5, 0.6) is 0 Å². The second-order valence-corrected chi connectivity index (χ2v) is 9.52. The summed E-state index contributed by atoms with van der Waals surface area (Å²) in [6.07, 6.45) is 1.01. The first-order valence-electron chi connectivity index (χ1n) is 12.4. The first-order valence-corrected chi connectivity index (χ1v) is 12.4. The molecule has 0 saturated carbocycles. The van der Waals surface area contributed by atoms with Crippen LogP contribution in [0.15, 0.2) is 33.5 Å². The molecule has 3 rings (SSSR count). The van der Waals surface area contributed by atoms with Crippen LogP contribution in [0.4, 0.5) is 5.69 Å². The molecule has 1 fully saturated rings. The van der Waals surface area contributed by atoms with Crippen molar-refractivity contribution in [1.29, 1.82) is 0 Å². The highest BCUT2D eigenvalue weighted by Gasteiger charge is 2.37. The Bertz CT molecular complexity index is 1320. The van der Waals surface area contributed by atoms with Crippen molar-refractivity contribution < 1.29 is 28.4 Å². The van der Waals surface area contributed by atoms with Crippen molar-refractivity contribution in [2.24, 2.45) is 0 Å². The fourth-order valence-corrected chi connectivity index (χ4v) is 4.35. The van der Waals surface area contributed by atoms with Crippen LogP contribution in [0.3, 0.4) is 0 Å². The van der Waals surface area contributed by atoms with Gasteiger partial charge in [0, 0.05) is 36.7 Å². The molecule has 2 aromatic rings. The van der Waals surface area contributed by atoms with Gasteiger partial charge >= 0.3 is 5.63 Å². The van der Waals surface area contributed by atoms with E-state index in [1.807, 2.05) is 0 Å². The molecule has 1 aliphatic rings. The van der Waals surface area contributed by atoms with Gasteiger partial charge in [-0.1, -0.05) is 0 Å². The highest BCUT2D eigenvalue weighted by atomic mass is 16.4. The minimum Gasteiger partial charge on any atom is -0.423 e. The van der Waals surface area contributed by atoms with Crippen LogP contribution in [-0.2, 0) is 24.0 Å². The zero-order chi connectivity index (χ0) is 28.1. The summed E-state index contributed by atoms with van der Waals surface area (Å²) in [6.45, 7) is 7.94. The van der Waals surface area contributed by atoms with Crippen LogP contribution in [0.1, 0.15) is 46.1 Å². The van der Waals surface area contributed by atoms with Gasteiger partial charge in [0.1, 0.15) is 29.8 Å². The van der Waals surface area contributed by atoms with E-state index >= 15 is 0 Å². The van der Waals surface area contributed by atoms with Gasteiger partial charge < -0.3 is 30.6 Å². The molecule has 0 bridgehead atoms. The van der Waals surface area contributed by atoms with E-state index in [-0.39, 0.29) is 5.91 Å². The van der Waals surface area contributed by atoms with Crippen LogP contribution in [0.25, 0.3) is 11.0 Å². The largest absolute Gasteiger partial charge is 0.423 e. The molecule has 38 heavy (non-hydrogen) atoms. The maximum atomic E-state index is 13.0. The highest BCUT2D eigenvalue weighted by Crippen LogP contribution is 2.21. The summed E-state index contributed by atoms with van der Waals surface area (Å²) < 4.78 is 5.21. The minimum absolute atomic E-state index is 0.331. The summed E-state index contributed by atoms with van der Waals surface area (Å²) in [7, 11) is 0. The lowest BCUT2D eigenvalue weighted by Crippen LogP contribution is -2.56. The van der Waals surface area contributed by atoms with Crippen LogP contribution >= 0.6 is 0 Å². The number of nitrogens with one attached hydrogen (secondary N) is 4. The molecule has 5 amide bonds. The Morgan fingerprint density at radius 1 is 0.947 bits per heavy atom. The third kappa shape index (κ3) is 6.75. The first kappa shape index (κ1) is 28.4. The van der Waals surface area contributed by atoms with E-state index in [9.17, 15) is 28.8 Å². The zero-order valence-electron chi connectivity index (χ0n) is 22.0. The average molecular weight is 528 g/mol. The topological polar surface area (TPSA) is 167 Å². The van der Waals surface area contributed by atoms with Crippen molar-refractivity contribution in [3.05, 3.63) is 40.2 Å². The molecule has 4 unspecified atom stereocenters. The molecule has 0 aliphatic carbocycles. The summed E-state index contributed by atoms with van der Waals surface area (Å²) in [5.74, 6) is -2.30. The fraction of sp³-hybridized carbons (Fsp3) is 0.462. The fourth-order valence-electron chi connectivity index (χ4n) is 4.35. The monoisotopic (exact) mass is 527 g/mol. The third-order valence-corrected chi connectivity index (χ3v) is 6.35. The van der Waals surface area contributed by atoms with Crippen molar-refractivity contribution in [2.45, 2.75) is 71.6 Å². The maximum absolute atomic E-state index is 13.0. The number of anilines is 1. The average Bonchev–Trinajstić information content (AvgIpc) is 3.32. The van der Waals surface area contributed by atoms with Crippen molar-refractivity contribution in [1.82, 2.24) is 20.9 Å². The van der Waals surface area contributed by atoms with Crippen molar-refractivity contribution in [3.8, 4) is 0 Å². The molecule has 12 nitrogen and oxygen atoms in total. The summed E-state index contributed by atoms with van der Waals surface area (Å²) in [6, 6.07) is 2.88. The van der Waals surface area contributed by atoms with Crippen molar-refractivity contribution in [2.75, 3.05) is 11.9 Å². The molecule has 0 spiro atoms. The Balaban J connectivity index is 1.59. The quantitative estimate of drug-likeness (QED) is 0.364. The molecule has 1 aliphatic heterocycles. The molecule has 1 aromatic heterocycles. The van der Waals surface area contributed by atoms with Gasteiger partial charge in [-0.2, -0.15) is 0 Å². The molecule has 204 valence electrons. The molecule has 12 heteroatoms. The molecule has 4 atom stereocenters. The second kappa shape index (κ2) is 11.9. The van der Waals surface area contributed by atoms with Gasteiger partial charge in [0.15, 0.2) is 0 Å². The molecule has 1 aromatic carbocycles. The number of hydrogen-bond donors (Lipinski definition) is 4. The van der Waals surface area contributed by atoms with E-state index in [4.69, 9.17) is 4.42 Å². The Labute approximate surface area is 219 Å². The minimum atomic E-state index is -0.920. The summed E-state index contributed by atoms with van der Waals surface area (Å²) >= 11 is 0. The first-order chi connectivity index (χ1) is 17.9. The number of nitrogens with zero attached hydrogens (tertiary/aromatic N) is 1. The molecule has 2 heterocycles. The Hall–Kier alpha value is -4.22. The van der Waals surface area contributed by atoms with Gasteiger partial charge in [-0.15, -0.1) is 0 Å². The number of benzene rings is 1. The van der Waals surface area contributed by atoms with Crippen molar-refractivity contribution >= 4 is 46.2 Å². The predicted molar refractivity (Wildman–Crippen MR) is 139 cm³/mol. The number of hydrogen-bond acceptors (Lipinski definition) is 7. The zero-order valence-corrected chi connectivity index (χ0v) is 22.0. The van der Waals surface area contributed by atoms with Crippen LogP contribution in [-0.4, -0.2) is 65.1 Å². The number of rotatable bonds is 8. The highest BCUT2D eigenvalue weighted by molar-refractivity contribution is 6.00. The molecule has 0 radical (unpaired) electrons. The van der Waals surface area contributed by atoms with Crippen molar-refractivity contribution in [3.63, 3.8) is 0 Å². The van der Waals surface area contributed by atoms with Gasteiger partial charge in [-0.05, 0) is 58.2 Å². The smallest absolute Gasteiger partial charge is 0.336 e. The lowest BCUT2D eigenvalue weighted by molar-refractivity contribution is -0.141. The Kier molecular flexibility index (Phi) is 8.87. The van der Waals surface area contributed by atoms with Gasteiger partial charge in [0.25, 0.3) is 0 Å². The Morgan fingerprint density at radius 3 is 2.32 bits per heavy atom. The van der Waals surface area contributed by atoms with Gasteiger partial charge in [-0.25, -0.2) is 4.79 Å². The number of likely N-dealkylation sites (tertiary alicyclic amines) is 1. The number of amides is 5. The van der Waals surface area contributed by atoms with Crippen LogP contribution < -0.4 is 26.9 Å². The summed E-state index contributed by atoms with van der Waals surface area (Å²) in [4.78, 5) is 75.2. The van der Waals surface area contributed by atoms with E-state index in [0.29, 0.717) is 30.7 Å². The molecule has 1 saturated heterocycles. The SMILES string of the molecule is CC(=O)NC(C)C(=O)NC(C)C(=O)N1CCCC1C(=O)NC(C)C(=O)Nc1ccc2c(C)cc(=O)oc2c1. The lowest BCUT2D eigenvalue weighted by atomic mass is 10.1. The molecule has 4 N–H and O–H groups in total. The molecular weight excluding hydrogens is 494 g/mol. The standard InChI is InChI=1S/C26H33N5O7/c1-13-11-22(33)38-21-12-18(8-9-19(13)21)30-24(35)15(3)28-25(36)20-7-6-10-31(20)26(37)16(4)29-23(34)14(2)27-17(5)32/h8-9,11-12,14-16,20H,6-7,10H2,1-5H3,(H,27,32)(H,28,36)(H,29,34)(H,30,35). The third-order valence-electron chi connectivity index (χ3n) is 6.35. The van der Waals surface area contributed by atoms with E-state index in [1.165, 1.54) is 44.7 Å². The predicted octanol–water partition coefficient (Wildman–Crippen LogP) is 0.565. The number of aryl methyl sites for hydroxylation is 1. The Morgan fingerprint density at radius 2 is 1.63 bits per heavy atom. The van der Waals surface area contributed by atoms with Gasteiger partial charge in [0.05, 0.1) is 0 Å². The number of carbonyl (C=O) groups excluding carboxylic acids is 5. The summed E-state index contributed by atoms with van der Waals surface area (Å²) in [5, 5.41) is 11.1. The summed E-state index contributed by atoms with van der Waals surface area (Å²) in [5.41, 5.74) is 0.984. The number of fused-ring (bicyclic) bond motifs is 1. The van der Waals surface area contributed by atoms with E-state index in [2.05, 4.69) is 21.3 Å². The lowest BCUT2D eigenvalue weighted by Gasteiger charge is -2.28.